The van der Waals surface area contributed by atoms with E-state index in [0.717, 1.165) is 25.5 Å². The molecule has 0 radical (unpaired) electrons. The second kappa shape index (κ2) is 5.34. The van der Waals surface area contributed by atoms with Crippen molar-refractivity contribution in [3.8, 4) is 0 Å². The van der Waals surface area contributed by atoms with Crippen molar-refractivity contribution in [3.05, 3.63) is 23.9 Å². The van der Waals surface area contributed by atoms with Gasteiger partial charge in [0.15, 0.2) is 0 Å². The van der Waals surface area contributed by atoms with Gasteiger partial charge in [0.25, 0.3) is 0 Å². The maximum absolute atomic E-state index is 5.42. The summed E-state index contributed by atoms with van der Waals surface area (Å²) in [5, 5.41) is 0. The number of hydrogen-bond donors (Lipinski definition) is 2. The van der Waals surface area contributed by atoms with Gasteiger partial charge in [-0.1, -0.05) is 6.07 Å². The van der Waals surface area contributed by atoms with Crippen LogP contribution in [0, 0.1) is 0 Å². The standard InChI is InChI=1S/C10H16N4S/c11-13-10-9(2-1-3-12-10)8-14-4-6-15-7-5-14/h1-3H,4-8,11H2,(H,12,13). The molecule has 1 aromatic heterocycles. The number of nitrogen functional groups attached to an aromatic ring is 1. The molecule has 82 valence electrons. The fourth-order valence-electron chi connectivity index (χ4n) is 1.70. The van der Waals surface area contributed by atoms with Crippen molar-refractivity contribution in [2.24, 2.45) is 5.84 Å². The molecule has 15 heavy (non-hydrogen) atoms. The molecule has 0 atom stereocenters. The number of nitrogens with two attached hydrogens (primary N) is 1. The number of aromatic nitrogens is 1. The predicted molar refractivity (Wildman–Crippen MR) is 64.6 cm³/mol. The lowest BCUT2D eigenvalue weighted by Crippen LogP contribution is -2.32. The van der Waals surface area contributed by atoms with Crippen LogP contribution < -0.4 is 11.3 Å². The number of rotatable bonds is 3. The summed E-state index contributed by atoms with van der Waals surface area (Å²) < 4.78 is 0. The van der Waals surface area contributed by atoms with E-state index < -0.39 is 0 Å². The van der Waals surface area contributed by atoms with Crippen molar-refractivity contribution in [2.75, 3.05) is 30.0 Å². The highest BCUT2D eigenvalue weighted by atomic mass is 32.2. The molecule has 0 amide bonds. The Morgan fingerprint density at radius 2 is 2.27 bits per heavy atom. The molecule has 1 aromatic rings. The van der Waals surface area contributed by atoms with Crippen molar-refractivity contribution in [1.82, 2.24) is 9.88 Å². The normalized spacial score (nSPS) is 17.7. The van der Waals surface area contributed by atoms with Gasteiger partial charge in [0, 0.05) is 42.9 Å². The van der Waals surface area contributed by atoms with Crippen molar-refractivity contribution in [1.29, 1.82) is 0 Å². The molecule has 2 rings (SSSR count). The first-order chi connectivity index (χ1) is 7.40. The summed E-state index contributed by atoms with van der Waals surface area (Å²) in [5.41, 5.74) is 3.82. The summed E-state index contributed by atoms with van der Waals surface area (Å²) in [6.45, 7) is 3.25. The van der Waals surface area contributed by atoms with E-state index in [1.807, 2.05) is 17.8 Å². The summed E-state index contributed by atoms with van der Waals surface area (Å²) in [6.07, 6.45) is 1.75. The van der Waals surface area contributed by atoms with Gasteiger partial charge < -0.3 is 5.43 Å². The predicted octanol–water partition coefficient (Wildman–Crippen LogP) is 0.916. The molecule has 0 saturated carbocycles. The van der Waals surface area contributed by atoms with Crippen LogP contribution >= 0.6 is 11.8 Å². The first-order valence-corrected chi connectivity index (χ1v) is 6.26. The Bertz CT molecular complexity index is 312. The van der Waals surface area contributed by atoms with Crippen LogP contribution in [0.25, 0.3) is 0 Å². The molecule has 4 nitrogen and oxygen atoms in total. The summed E-state index contributed by atoms with van der Waals surface area (Å²) in [4.78, 5) is 6.63. The second-order valence-electron chi connectivity index (χ2n) is 3.54. The van der Waals surface area contributed by atoms with E-state index in [1.54, 1.807) is 6.20 Å². The average Bonchev–Trinajstić information content (AvgIpc) is 2.31. The number of nitrogens with zero attached hydrogens (tertiary/aromatic N) is 2. The number of nitrogens with one attached hydrogen (secondary N) is 1. The topological polar surface area (TPSA) is 54.2 Å². The molecule has 1 aliphatic rings. The zero-order valence-corrected chi connectivity index (χ0v) is 9.46. The van der Waals surface area contributed by atoms with E-state index in [1.165, 1.54) is 17.1 Å². The lowest BCUT2D eigenvalue weighted by Gasteiger charge is -2.26. The van der Waals surface area contributed by atoms with E-state index in [9.17, 15) is 0 Å². The Kier molecular flexibility index (Phi) is 3.82. The SMILES string of the molecule is NNc1ncccc1CN1CCSCC1. The van der Waals surface area contributed by atoms with E-state index in [4.69, 9.17) is 5.84 Å². The van der Waals surface area contributed by atoms with Crippen molar-refractivity contribution < 1.29 is 0 Å². The summed E-state index contributed by atoms with van der Waals surface area (Å²) in [7, 11) is 0. The Morgan fingerprint density at radius 3 is 3.00 bits per heavy atom. The lowest BCUT2D eigenvalue weighted by atomic mass is 10.2. The minimum absolute atomic E-state index is 0.788. The van der Waals surface area contributed by atoms with E-state index in [2.05, 4.69) is 21.4 Å². The summed E-state index contributed by atoms with van der Waals surface area (Å²) >= 11 is 2.02. The van der Waals surface area contributed by atoms with Crippen LogP contribution in [0.2, 0.25) is 0 Å². The van der Waals surface area contributed by atoms with Gasteiger partial charge in [0.05, 0.1) is 0 Å². The van der Waals surface area contributed by atoms with Gasteiger partial charge in [0.2, 0.25) is 0 Å². The highest BCUT2D eigenvalue weighted by Crippen LogP contribution is 2.16. The van der Waals surface area contributed by atoms with Gasteiger partial charge in [-0.05, 0) is 6.07 Å². The molecular weight excluding hydrogens is 208 g/mol. The summed E-state index contributed by atoms with van der Waals surface area (Å²) in [5.74, 6) is 8.66. The third-order valence-corrected chi connectivity index (χ3v) is 3.47. The lowest BCUT2D eigenvalue weighted by molar-refractivity contribution is 0.295. The fraction of sp³-hybridized carbons (Fsp3) is 0.500. The fourth-order valence-corrected chi connectivity index (χ4v) is 2.68. The molecule has 1 saturated heterocycles. The Morgan fingerprint density at radius 1 is 1.47 bits per heavy atom. The van der Waals surface area contributed by atoms with Crippen LogP contribution in [0.5, 0.6) is 0 Å². The number of pyridine rings is 1. The molecule has 5 heteroatoms. The molecule has 0 unspecified atom stereocenters. The second-order valence-corrected chi connectivity index (χ2v) is 4.77. The summed E-state index contributed by atoms with van der Waals surface area (Å²) in [6, 6.07) is 4.03. The monoisotopic (exact) mass is 224 g/mol. The Labute approximate surface area is 94.2 Å². The zero-order chi connectivity index (χ0) is 10.5. The van der Waals surface area contributed by atoms with Crippen LogP contribution in [0.4, 0.5) is 5.82 Å². The molecule has 0 aromatic carbocycles. The zero-order valence-electron chi connectivity index (χ0n) is 8.65. The largest absolute Gasteiger partial charge is 0.308 e. The van der Waals surface area contributed by atoms with Crippen LogP contribution in [0.1, 0.15) is 5.56 Å². The van der Waals surface area contributed by atoms with E-state index >= 15 is 0 Å². The number of hydrogen-bond acceptors (Lipinski definition) is 5. The smallest absolute Gasteiger partial charge is 0.144 e. The number of hydrazine groups is 1. The van der Waals surface area contributed by atoms with Gasteiger partial charge in [-0.3, -0.25) is 4.90 Å². The number of thioether (sulfide) groups is 1. The quantitative estimate of drug-likeness (QED) is 0.590. The third-order valence-electron chi connectivity index (χ3n) is 2.53. The van der Waals surface area contributed by atoms with Crippen molar-refractivity contribution in [2.45, 2.75) is 6.54 Å². The number of anilines is 1. The van der Waals surface area contributed by atoms with E-state index in [0.29, 0.717) is 0 Å². The van der Waals surface area contributed by atoms with Gasteiger partial charge in [-0.25, -0.2) is 10.8 Å². The Balaban J connectivity index is 2.02. The highest BCUT2D eigenvalue weighted by molar-refractivity contribution is 7.99. The molecular formula is C10H16N4S. The molecule has 2 heterocycles. The van der Waals surface area contributed by atoms with Crippen molar-refractivity contribution in [3.63, 3.8) is 0 Å². The van der Waals surface area contributed by atoms with Crippen LogP contribution in [0.3, 0.4) is 0 Å². The van der Waals surface area contributed by atoms with Crippen LogP contribution in [-0.2, 0) is 6.54 Å². The molecule has 3 N–H and O–H groups in total. The average molecular weight is 224 g/mol. The third kappa shape index (κ3) is 2.84. The molecule has 1 aliphatic heterocycles. The molecule has 1 fully saturated rings. The maximum atomic E-state index is 5.42. The Hall–Kier alpha value is -0.780. The first kappa shape index (κ1) is 10.7. The molecule has 0 spiro atoms. The van der Waals surface area contributed by atoms with Crippen LogP contribution in [0.15, 0.2) is 18.3 Å². The van der Waals surface area contributed by atoms with Gasteiger partial charge in [-0.15, -0.1) is 0 Å². The molecule has 0 aliphatic carbocycles. The first-order valence-electron chi connectivity index (χ1n) is 5.11. The van der Waals surface area contributed by atoms with Crippen molar-refractivity contribution >= 4 is 17.6 Å². The van der Waals surface area contributed by atoms with Gasteiger partial charge in [0.1, 0.15) is 5.82 Å². The minimum atomic E-state index is 0.788. The molecule has 0 bridgehead atoms. The maximum Gasteiger partial charge on any atom is 0.144 e. The van der Waals surface area contributed by atoms with E-state index in [-0.39, 0.29) is 0 Å². The van der Waals surface area contributed by atoms with Gasteiger partial charge >= 0.3 is 0 Å². The minimum Gasteiger partial charge on any atom is -0.308 e. The van der Waals surface area contributed by atoms with Gasteiger partial charge in [-0.2, -0.15) is 11.8 Å². The highest BCUT2D eigenvalue weighted by Gasteiger charge is 2.12. The van der Waals surface area contributed by atoms with Crippen LogP contribution in [-0.4, -0.2) is 34.5 Å².